The number of carbonyl (C=O) groups is 8. The second-order valence-corrected chi connectivity index (χ2v) is 25.5. The van der Waals surface area contributed by atoms with Crippen LogP contribution in [0.2, 0.25) is 0 Å². The van der Waals surface area contributed by atoms with Gasteiger partial charge < -0.3 is 64.4 Å². The van der Waals surface area contributed by atoms with Gasteiger partial charge in [0.15, 0.2) is 0 Å². The molecular weight excluding hydrogens is 1160 g/mol. The number of hydrogen-bond donors (Lipinski definition) is 3. The van der Waals surface area contributed by atoms with Crippen molar-refractivity contribution in [2.24, 2.45) is 47.2 Å². The van der Waals surface area contributed by atoms with Crippen molar-refractivity contribution in [3.05, 3.63) is 71.8 Å². The molecule has 2 saturated heterocycles. The molecule has 6 amide bonds. The first-order valence-electron chi connectivity index (χ1n) is 32.5. The number of nitrogens with one attached hydrogen (secondary N) is 2. The highest BCUT2D eigenvalue weighted by atomic mass is 16.5. The molecule has 4 rings (SSSR count). The zero-order chi connectivity index (χ0) is 67.7. The van der Waals surface area contributed by atoms with E-state index in [9.17, 15) is 38.4 Å². The number of likely N-dealkylation sites (tertiary alicyclic amines) is 2. The van der Waals surface area contributed by atoms with Crippen LogP contribution in [0.25, 0.3) is 0 Å². The molecule has 2 aromatic rings. The number of esters is 2. The number of likely N-dealkylation sites (N-methyl/N-ethyl adjacent to an activating group) is 2. The lowest BCUT2D eigenvalue weighted by atomic mass is 9.88. The van der Waals surface area contributed by atoms with Gasteiger partial charge in [-0.25, -0.2) is 9.59 Å². The maximum absolute atomic E-state index is 13.9. The largest absolute Gasteiger partial charge is 0.467 e. The third-order valence-electron chi connectivity index (χ3n) is 19.1. The molecule has 0 unspecified atom stereocenters. The van der Waals surface area contributed by atoms with Gasteiger partial charge in [-0.05, 0) is 60.5 Å². The predicted octanol–water partition coefficient (Wildman–Crippen LogP) is 7.53. The first-order chi connectivity index (χ1) is 42.6. The first kappa shape index (κ1) is 81.1. The standard InChI is InChI=1S/C35H57N3O7.C34H56N4O7.CH4/c1-11-23(4)31(37(7)34(41)24(5)22(2)3)29(43-8)21-30(39)38-19-15-18-28(38)32(44-9)25(6)33(40)36-27(35(42)45-10)20-26-16-13-12-14-17-26;1-10-22(4)30(37(6)33(41)29(35)21(2)3)27(43-7)20-28(39)38-18-14-17-26(38)31(44-8)23(5)32(40)36-25(34(42)45-9)19-24-15-12-11-13-16-24;/h12-14,16-17,22-25,27-29,31-32H,11,15,18-21H2,1-10H3,(H,36,40);11-13,15-16,21-23,25-27,29-31H,10,14,17-20,35H2,1-9H3,(H,36,40);1H4/t23-,24-,25+,27-,28-,29+,31-,32+;22-,23+,25-,26-,27+,29-,30-,31+;/m00./s1. The number of methoxy groups -OCH3 is 6. The summed E-state index contributed by atoms with van der Waals surface area (Å²) in [6.07, 6.45) is 3.00. The lowest BCUT2D eigenvalue weighted by Crippen LogP contribution is -2.56. The fourth-order valence-corrected chi connectivity index (χ4v) is 12.7. The number of carbonyl (C=O) groups excluding carboxylic acids is 8. The predicted molar refractivity (Wildman–Crippen MR) is 354 cm³/mol. The van der Waals surface area contributed by atoms with E-state index in [1.165, 1.54) is 21.3 Å². The number of ether oxygens (including phenoxy) is 6. The second-order valence-electron chi connectivity index (χ2n) is 25.5. The van der Waals surface area contributed by atoms with Crippen molar-refractivity contribution < 1.29 is 66.8 Å². The second kappa shape index (κ2) is 40.2. The van der Waals surface area contributed by atoms with Crippen molar-refractivity contribution >= 4 is 47.4 Å². The average molecular weight is 1280 g/mol. The number of nitrogens with two attached hydrogens (primary N) is 1. The zero-order valence-electron chi connectivity index (χ0n) is 57.7. The highest BCUT2D eigenvalue weighted by Crippen LogP contribution is 2.32. The molecule has 2 aliphatic rings. The van der Waals surface area contributed by atoms with E-state index < -0.39 is 66.3 Å². The number of rotatable bonds is 34. The maximum atomic E-state index is 13.9. The van der Waals surface area contributed by atoms with Gasteiger partial charge in [-0.3, -0.25) is 28.8 Å². The number of nitrogens with zero attached hydrogens (tertiary/aromatic N) is 4. The number of amides is 6. The average Bonchev–Trinajstić information content (AvgIpc) is 1.96. The van der Waals surface area contributed by atoms with Crippen LogP contribution in [0, 0.1) is 41.4 Å². The Morgan fingerprint density at radius 3 is 1.18 bits per heavy atom. The van der Waals surface area contributed by atoms with E-state index in [0.717, 1.165) is 36.8 Å². The number of hydrogen-bond acceptors (Lipinski definition) is 15. The Hall–Kier alpha value is -6.00. The minimum absolute atomic E-state index is 0. The lowest BCUT2D eigenvalue weighted by molar-refractivity contribution is -0.149. The molecule has 2 heterocycles. The molecule has 0 saturated carbocycles. The molecular formula is C70H117N7O14. The van der Waals surface area contributed by atoms with Crippen LogP contribution in [0.3, 0.4) is 0 Å². The van der Waals surface area contributed by atoms with Crippen molar-refractivity contribution in [2.45, 2.75) is 215 Å². The minimum Gasteiger partial charge on any atom is -0.467 e. The zero-order valence-corrected chi connectivity index (χ0v) is 57.7. The molecule has 21 heteroatoms. The molecule has 0 radical (unpaired) electrons. The van der Waals surface area contributed by atoms with Crippen molar-refractivity contribution in [2.75, 3.05) is 69.8 Å². The lowest BCUT2D eigenvalue weighted by Gasteiger charge is -2.40. The first-order valence-corrected chi connectivity index (χ1v) is 32.5. The van der Waals surface area contributed by atoms with Crippen LogP contribution in [-0.2, 0) is 79.6 Å². The van der Waals surface area contributed by atoms with Crippen LogP contribution >= 0.6 is 0 Å². The van der Waals surface area contributed by atoms with E-state index in [1.807, 2.05) is 116 Å². The van der Waals surface area contributed by atoms with E-state index in [-0.39, 0.29) is 116 Å². The Morgan fingerprint density at radius 1 is 0.527 bits per heavy atom. The van der Waals surface area contributed by atoms with Gasteiger partial charge in [-0.1, -0.05) is 157 Å². The molecule has 0 aromatic heterocycles. The maximum Gasteiger partial charge on any atom is 0.328 e. The molecule has 16 atom stereocenters. The fourth-order valence-electron chi connectivity index (χ4n) is 12.7. The molecule has 91 heavy (non-hydrogen) atoms. The fraction of sp³-hybridized carbons (Fsp3) is 0.714. The highest BCUT2D eigenvalue weighted by molar-refractivity contribution is 5.88. The molecule has 4 N–H and O–H groups in total. The summed E-state index contributed by atoms with van der Waals surface area (Å²) >= 11 is 0. The summed E-state index contributed by atoms with van der Waals surface area (Å²) in [5.74, 6) is -3.27. The normalized spacial score (nSPS) is 19.4. The Morgan fingerprint density at radius 2 is 0.879 bits per heavy atom. The van der Waals surface area contributed by atoms with Crippen LogP contribution < -0.4 is 16.4 Å². The summed E-state index contributed by atoms with van der Waals surface area (Å²) in [6.45, 7) is 22.7. The molecule has 0 aliphatic carbocycles. The summed E-state index contributed by atoms with van der Waals surface area (Å²) in [5, 5.41) is 5.71. The van der Waals surface area contributed by atoms with E-state index in [4.69, 9.17) is 34.2 Å². The van der Waals surface area contributed by atoms with Crippen molar-refractivity contribution in [3.63, 3.8) is 0 Å². The van der Waals surface area contributed by atoms with E-state index in [1.54, 1.807) is 61.8 Å². The summed E-state index contributed by atoms with van der Waals surface area (Å²) in [6, 6.07) is 15.1. The van der Waals surface area contributed by atoms with E-state index >= 15 is 0 Å². The highest BCUT2D eigenvalue weighted by Gasteiger charge is 2.45. The topological polar surface area (TPSA) is 255 Å². The molecule has 516 valence electrons. The van der Waals surface area contributed by atoms with Gasteiger partial charge in [0.1, 0.15) is 12.1 Å². The monoisotopic (exact) mass is 1280 g/mol. The van der Waals surface area contributed by atoms with Crippen LogP contribution in [0.15, 0.2) is 60.7 Å². The van der Waals surface area contributed by atoms with Gasteiger partial charge >= 0.3 is 11.9 Å². The van der Waals surface area contributed by atoms with Gasteiger partial charge in [0, 0.05) is 74.4 Å². The minimum atomic E-state index is -0.866. The molecule has 2 fully saturated rings. The Kier molecular flexibility index (Phi) is 35.8. The van der Waals surface area contributed by atoms with Gasteiger partial charge in [0.25, 0.3) is 0 Å². The van der Waals surface area contributed by atoms with E-state index in [2.05, 4.69) is 24.5 Å². The van der Waals surface area contributed by atoms with Gasteiger partial charge in [-0.2, -0.15) is 0 Å². The molecule has 0 bridgehead atoms. The van der Waals surface area contributed by atoms with Gasteiger partial charge in [0.05, 0.1) is 93.5 Å². The number of benzene rings is 2. The van der Waals surface area contributed by atoms with Crippen LogP contribution in [0.1, 0.15) is 146 Å². The molecule has 2 aromatic carbocycles. The van der Waals surface area contributed by atoms with Crippen LogP contribution in [0.4, 0.5) is 0 Å². The van der Waals surface area contributed by atoms with Gasteiger partial charge in [-0.15, -0.1) is 0 Å². The SMILES string of the molecule is C.CC[C@H](C)[C@@H]([C@@H](CC(=O)N1CCC[C@H]1[C@H](OC)[C@@H](C)C(=O)N[C@@H](Cc1ccccc1)C(=O)OC)OC)N(C)C(=O)[C@@H](C)C(C)C.CC[C@H](C)[C@@H]([C@@H](CC(=O)N1CCC[C@H]1[C@H](OC)[C@@H](C)C(=O)N[C@@H](Cc1ccccc1)C(=O)OC)OC)N(C)C(=O)[C@@H](N)C(C)C. The summed E-state index contributed by atoms with van der Waals surface area (Å²) in [4.78, 5) is 114. The molecule has 0 spiro atoms. The smallest absolute Gasteiger partial charge is 0.328 e. The Balaban J connectivity index is 0.000000613. The summed E-state index contributed by atoms with van der Waals surface area (Å²) < 4.78 is 33.5. The third-order valence-corrected chi connectivity index (χ3v) is 19.1. The molecule has 2 aliphatic heterocycles. The summed E-state index contributed by atoms with van der Waals surface area (Å²) in [5.41, 5.74) is 8.00. The Labute approximate surface area is 545 Å². The van der Waals surface area contributed by atoms with Crippen LogP contribution in [0.5, 0.6) is 0 Å². The molecule has 21 nitrogen and oxygen atoms in total. The van der Waals surface area contributed by atoms with Crippen molar-refractivity contribution in [3.8, 4) is 0 Å². The third kappa shape index (κ3) is 22.6. The van der Waals surface area contributed by atoms with Crippen molar-refractivity contribution in [1.82, 2.24) is 30.2 Å². The van der Waals surface area contributed by atoms with Crippen LogP contribution in [-0.4, -0.2) is 204 Å². The van der Waals surface area contributed by atoms with E-state index in [0.29, 0.717) is 32.4 Å². The summed E-state index contributed by atoms with van der Waals surface area (Å²) in [7, 11) is 12.4. The van der Waals surface area contributed by atoms with Gasteiger partial charge in [0.2, 0.25) is 35.4 Å². The Bertz CT molecular complexity index is 2370. The van der Waals surface area contributed by atoms with Crippen molar-refractivity contribution in [1.29, 1.82) is 0 Å². The quantitative estimate of drug-likeness (QED) is 0.0573.